The fourth-order valence-corrected chi connectivity index (χ4v) is 3.49. The Labute approximate surface area is 178 Å². The Bertz CT molecular complexity index is 860. The van der Waals surface area contributed by atoms with Crippen LogP contribution >= 0.6 is 0 Å². The van der Waals surface area contributed by atoms with Gasteiger partial charge in [-0.2, -0.15) is 0 Å². The van der Waals surface area contributed by atoms with Crippen LogP contribution in [0.25, 0.3) is 0 Å². The molecule has 0 atom stereocenters. The Kier molecular flexibility index (Phi) is 7.85. The lowest BCUT2D eigenvalue weighted by Gasteiger charge is -2.26. The Morgan fingerprint density at radius 1 is 1.03 bits per heavy atom. The Morgan fingerprint density at radius 3 is 2.57 bits per heavy atom. The normalized spacial score (nSPS) is 13.9. The number of benzene rings is 2. The van der Waals surface area contributed by atoms with E-state index in [4.69, 9.17) is 4.74 Å². The van der Waals surface area contributed by atoms with Gasteiger partial charge in [0.2, 0.25) is 0 Å². The van der Waals surface area contributed by atoms with E-state index in [1.165, 1.54) is 6.42 Å². The van der Waals surface area contributed by atoms with Crippen LogP contribution in [0.15, 0.2) is 48.5 Å². The SMILES string of the molecule is CN(C)CCOc1ccccc1C(=O)NCc1cccc(C(=O)N2CCCCC2)c1. The zero-order valence-electron chi connectivity index (χ0n) is 17.9. The monoisotopic (exact) mass is 409 g/mol. The Balaban J connectivity index is 1.60. The third-order valence-electron chi connectivity index (χ3n) is 5.20. The summed E-state index contributed by atoms with van der Waals surface area (Å²) < 4.78 is 5.79. The second-order valence-corrected chi connectivity index (χ2v) is 7.88. The fraction of sp³-hybridized carbons (Fsp3) is 0.417. The summed E-state index contributed by atoms with van der Waals surface area (Å²) in [5.41, 5.74) is 2.09. The summed E-state index contributed by atoms with van der Waals surface area (Å²) in [5, 5.41) is 2.95. The number of rotatable bonds is 8. The van der Waals surface area contributed by atoms with Gasteiger partial charge < -0.3 is 19.9 Å². The van der Waals surface area contributed by atoms with Gasteiger partial charge in [0.15, 0.2) is 0 Å². The molecule has 1 saturated heterocycles. The van der Waals surface area contributed by atoms with Gasteiger partial charge in [0, 0.05) is 31.7 Å². The van der Waals surface area contributed by atoms with E-state index < -0.39 is 0 Å². The van der Waals surface area contributed by atoms with Crippen molar-refractivity contribution in [2.45, 2.75) is 25.8 Å². The van der Waals surface area contributed by atoms with Gasteiger partial charge in [-0.05, 0) is 63.2 Å². The molecule has 0 aliphatic carbocycles. The first kappa shape index (κ1) is 21.8. The third-order valence-corrected chi connectivity index (χ3v) is 5.20. The van der Waals surface area contributed by atoms with Crippen molar-refractivity contribution >= 4 is 11.8 Å². The minimum Gasteiger partial charge on any atom is -0.491 e. The summed E-state index contributed by atoms with van der Waals surface area (Å²) in [6, 6.07) is 14.8. The number of carbonyl (C=O) groups is 2. The zero-order valence-corrected chi connectivity index (χ0v) is 17.9. The van der Waals surface area contributed by atoms with Gasteiger partial charge in [-0.3, -0.25) is 9.59 Å². The number of nitrogens with one attached hydrogen (secondary N) is 1. The minimum atomic E-state index is -0.191. The van der Waals surface area contributed by atoms with Crippen LogP contribution in [0.1, 0.15) is 45.5 Å². The lowest BCUT2D eigenvalue weighted by molar-refractivity contribution is 0.0724. The lowest BCUT2D eigenvalue weighted by Crippen LogP contribution is -2.35. The number of likely N-dealkylation sites (tertiary alicyclic amines) is 1. The van der Waals surface area contributed by atoms with E-state index in [9.17, 15) is 9.59 Å². The molecule has 2 amide bonds. The largest absolute Gasteiger partial charge is 0.491 e. The molecule has 0 bridgehead atoms. The molecule has 1 aliphatic rings. The van der Waals surface area contributed by atoms with E-state index >= 15 is 0 Å². The van der Waals surface area contributed by atoms with Crippen LogP contribution in [0.3, 0.4) is 0 Å². The van der Waals surface area contributed by atoms with Crippen LogP contribution in [0.4, 0.5) is 0 Å². The smallest absolute Gasteiger partial charge is 0.255 e. The van der Waals surface area contributed by atoms with E-state index in [2.05, 4.69) is 5.32 Å². The molecule has 0 radical (unpaired) electrons. The highest BCUT2D eigenvalue weighted by Gasteiger charge is 2.18. The third kappa shape index (κ3) is 6.07. The number of likely N-dealkylation sites (N-methyl/N-ethyl adjacent to an activating group) is 1. The molecule has 0 aromatic heterocycles. The molecular weight excluding hydrogens is 378 g/mol. The van der Waals surface area contributed by atoms with E-state index in [0.29, 0.717) is 30.0 Å². The Morgan fingerprint density at radius 2 is 1.80 bits per heavy atom. The molecule has 1 N–H and O–H groups in total. The predicted octanol–water partition coefficient (Wildman–Crippen LogP) is 3.18. The predicted molar refractivity (Wildman–Crippen MR) is 118 cm³/mol. The van der Waals surface area contributed by atoms with Crippen molar-refractivity contribution in [1.29, 1.82) is 0 Å². The summed E-state index contributed by atoms with van der Waals surface area (Å²) in [7, 11) is 3.96. The van der Waals surface area contributed by atoms with Gasteiger partial charge in [0.05, 0.1) is 5.56 Å². The number of carbonyl (C=O) groups excluding carboxylic acids is 2. The summed E-state index contributed by atoms with van der Waals surface area (Å²) in [6.45, 7) is 3.28. The summed E-state index contributed by atoms with van der Waals surface area (Å²) in [4.78, 5) is 29.4. The number of hydrogen-bond acceptors (Lipinski definition) is 4. The van der Waals surface area contributed by atoms with E-state index in [1.54, 1.807) is 6.07 Å². The second kappa shape index (κ2) is 10.8. The van der Waals surface area contributed by atoms with Crippen molar-refractivity contribution in [3.8, 4) is 5.75 Å². The zero-order chi connectivity index (χ0) is 21.3. The first-order valence-electron chi connectivity index (χ1n) is 10.6. The summed E-state index contributed by atoms with van der Waals surface area (Å²) in [6.07, 6.45) is 3.32. The van der Waals surface area contributed by atoms with Gasteiger partial charge in [-0.25, -0.2) is 0 Å². The average molecular weight is 410 g/mol. The molecule has 0 unspecified atom stereocenters. The van der Waals surface area contributed by atoms with E-state index in [1.807, 2.05) is 66.4 Å². The molecule has 160 valence electrons. The van der Waals surface area contributed by atoms with Crippen molar-refractivity contribution in [3.05, 3.63) is 65.2 Å². The maximum Gasteiger partial charge on any atom is 0.255 e. The van der Waals surface area contributed by atoms with Crippen LogP contribution in [-0.2, 0) is 6.54 Å². The van der Waals surface area contributed by atoms with Crippen molar-refractivity contribution in [2.24, 2.45) is 0 Å². The number of ether oxygens (including phenoxy) is 1. The summed E-state index contributed by atoms with van der Waals surface area (Å²) in [5.74, 6) is 0.455. The highest BCUT2D eigenvalue weighted by atomic mass is 16.5. The lowest BCUT2D eigenvalue weighted by atomic mass is 10.1. The maximum absolute atomic E-state index is 12.7. The molecule has 1 aliphatic heterocycles. The van der Waals surface area contributed by atoms with Crippen LogP contribution in [-0.4, -0.2) is 62.0 Å². The molecule has 6 heteroatoms. The van der Waals surface area contributed by atoms with Crippen molar-refractivity contribution < 1.29 is 14.3 Å². The van der Waals surface area contributed by atoms with Gasteiger partial charge in [0.25, 0.3) is 11.8 Å². The average Bonchev–Trinajstić information content (AvgIpc) is 2.78. The van der Waals surface area contributed by atoms with E-state index in [-0.39, 0.29) is 11.8 Å². The minimum absolute atomic E-state index is 0.0718. The number of hydrogen-bond donors (Lipinski definition) is 1. The first-order valence-corrected chi connectivity index (χ1v) is 10.6. The molecule has 6 nitrogen and oxygen atoms in total. The quantitative estimate of drug-likeness (QED) is 0.727. The standard InChI is InChI=1S/C24H31N3O3/c1-26(2)15-16-30-22-12-5-4-11-21(22)23(28)25-18-19-9-8-10-20(17-19)24(29)27-13-6-3-7-14-27/h4-5,8-12,17H,3,6-7,13-16,18H2,1-2H3,(H,25,28). The molecule has 1 heterocycles. The van der Waals surface area contributed by atoms with Crippen LogP contribution < -0.4 is 10.1 Å². The molecule has 0 saturated carbocycles. The highest BCUT2D eigenvalue weighted by molar-refractivity contribution is 5.97. The topological polar surface area (TPSA) is 61.9 Å². The molecule has 1 fully saturated rings. The molecular formula is C24H31N3O3. The van der Waals surface area contributed by atoms with Crippen molar-refractivity contribution in [3.63, 3.8) is 0 Å². The molecule has 3 rings (SSSR count). The van der Waals surface area contributed by atoms with Crippen LogP contribution in [0.5, 0.6) is 5.75 Å². The Hall–Kier alpha value is -2.86. The summed E-state index contributed by atoms with van der Waals surface area (Å²) >= 11 is 0. The number of amides is 2. The number of nitrogens with zero attached hydrogens (tertiary/aromatic N) is 2. The van der Waals surface area contributed by atoms with Gasteiger partial charge in [-0.15, -0.1) is 0 Å². The van der Waals surface area contributed by atoms with Crippen LogP contribution in [0.2, 0.25) is 0 Å². The number of para-hydroxylation sites is 1. The molecule has 30 heavy (non-hydrogen) atoms. The van der Waals surface area contributed by atoms with Gasteiger partial charge in [-0.1, -0.05) is 24.3 Å². The maximum atomic E-state index is 12.7. The van der Waals surface area contributed by atoms with Crippen LogP contribution in [0, 0.1) is 0 Å². The van der Waals surface area contributed by atoms with E-state index in [0.717, 1.165) is 38.0 Å². The second-order valence-electron chi connectivity index (χ2n) is 7.88. The van der Waals surface area contributed by atoms with Gasteiger partial charge >= 0.3 is 0 Å². The van der Waals surface area contributed by atoms with Crippen molar-refractivity contribution in [2.75, 3.05) is 40.3 Å². The highest BCUT2D eigenvalue weighted by Crippen LogP contribution is 2.18. The molecule has 2 aromatic carbocycles. The molecule has 0 spiro atoms. The molecule has 2 aromatic rings. The fourth-order valence-electron chi connectivity index (χ4n) is 3.49. The van der Waals surface area contributed by atoms with Crippen molar-refractivity contribution in [1.82, 2.24) is 15.1 Å². The number of piperidine rings is 1. The first-order chi connectivity index (χ1) is 14.5. The van der Waals surface area contributed by atoms with Gasteiger partial charge in [0.1, 0.15) is 12.4 Å².